The van der Waals surface area contributed by atoms with E-state index in [0.29, 0.717) is 16.9 Å². The van der Waals surface area contributed by atoms with Gasteiger partial charge in [0.2, 0.25) is 5.91 Å². The molecule has 1 N–H and O–H groups in total. The summed E-state index contributed by atoms with van der Waals surface area (Å²) in [6.45, 7) is 0.124. The Morgan fingerprint density at radius 3 is 2.71 bits per heavy atom. The molecular weight excluding hydrogens is 451 g/mol. The van der Waals surface area contributed by atoms with Crippen LogP contribution in [0.1, 0.15) is 10.5 Å². The summed E-state index contributed by atoms with van der Waals surface area (Å²) < 4.78 is 16.0. The van der Waals surface area contributed by atoms with Gasteiger partial charge in [-0.25, -0.2) is 9.07 Å². The number of hydrogen-bond acceptors (Lipinski definition) is 3. The van der Waals surface area contributed by atoms with Gasteiger partial charge in [-0.2, -0.15) is 5.10 Å². The van der Waals surface area contributed by atoms with Gasteiger partial charge in [0, 0.05) is 10.0 Å². The van der Waals surface area contributed by atoms with Crippen molar-refractivity contribution in [3.8, 4) is 16.9 Å². The Kier molecular flexibility index (Phi) is 4.91. The third kappa shape index (κ3) is 3.53. The highest BCUT2D eigenvalue weighted by Crippen LogP contribution is 2.29. The predicted octanol–water partition coefficient (Wildman–Crippen LogP) is 3.62. The van der Waals surface area contributed by atoms with Crippen molar-refractivity contribution in [1.82, 2.24) is 20.0 Å². The molecule has 28 heavy (non-hydrogen) atoms. The highest BCUT2D eigenvalue weighted by atomic mass is 79.9. The van der Waals surface area contributed by atoms with E-state index in [2.05, 4.69) is 26.3 Å². The number of amides is 2. The Balaban J connectivity index is 1.83. The summed E-state index contributed by atoms with van der Waals surface area (Å²) in [5, 5.41) is 7.01. The molecule has 0 spiro atoms. The van der Waals surface area contributed by atoms with Crippen LogP contribution in [-0.2, 0) is 4.79 Å². The van der Waals surface area contributed by atoms with Crippen molar-refractivity contribution in [2.75, 3.05) is 13.2 Å². The van der Waals surface area contributed by atoms with Crippen molar-refractivity contribution < 1.29 is 14.0 Å². The summed E-state index contributed by atoms with van der Waals surface area (Å²) in [5.41, 5.74) is 2.06. The van der Waals surface area contributed by atoms with Gasteiger partial charge in [0.25, 0.3) is 5.91 Å². The molecule has 2 heterocycles. The number of hydrogen-bond donors (Lipinski definition) is 1. The fraction of sp³-hybridized carbons (Fsp3) is 0.105. The second kappa shape index (κ2) is 7.37. The maximum atomic E-state index is 13.6. The van der Waals surface area contributed by atoms with Crippen LogP contribution in [0.15, 0.2) is 53.0 Å². The molecule has 1 fully saturated rings. The second-order valence-electron chi connectivity index (χ2n) is 6.20. The van der Waals surface area contributed by atoms with Gasteiger partial charge in [0.05, 0.1) is 23.1 Å². The summed E-state index contributed by atoms with van der Waals surface area (Å²) >= 11 is 9.37. The van der Waals surface area contributed by atoms with Crippen molar-refractivity contribution in [3.05, 3.63) is 69.5 Å². The van der Waals surface area contributed by atoms with Crippen LogP contribution in [0, 0.1) is 5.82 Å². The lowest BCUT2D eigenvalue weighted by Crippen LogP contribution is -2.30. The molecule has 6 nitrogen and oxygen atoms in total. The quantitative estimate of drug-likeness (QED) is 0.645. The van der Waals surface area contributed by atoms with E-state index in [0.717, 1.165) is 4.47 Å². The topological polar surface area (TPSA) is 67.2 Å². The van der Waals surface area contributed by atoms with Crippen molar-refractivity contribution in [2.24, 2.45) is 0 Å². The minimum Gasteiger partial charge on any atom is -0.337 e. The van der Waals surface area contributed by atoms with Crippen LogP contribution in [0.5, 0.6) is 0 Å². The first-order chi connectivity index (χ1) is 13.4. The summed E-state index contributed by atoms with van der Waals surface area (Å²) in [4.78, 5) is 25.6. The molecule has 1 saturated heterocycles. The highest BCUT2D eigenvalue weighted by Gasteiger charge is 2.27. The van der Waals surface area contributed by atoms with E-state index >= 15 is 0 Å². The molecule has 2 amide bonds. The van der Waals surface area contributed by atoms with Crippen LogP contribution in [0.25, 0.3) is 16.9 Å². The zero-order valence-electron chi connectivity index (χ0n) is 14.3. The number of carbonyl (C=O) groups is 2. The molecule has 0 radical (unpaired) electrons. The number of halogens is 3. The fourth-order valence-electron chi connectivity index (χ4n) is 2.93. The van der Waals surface area contributed by atoms with Gasteiger partial charge in [-0.1, -0.05) is 33.6 Å². The Morgan fingerprint density at radius 1 is 1.21 bits per heavy atom. The van der Waals surface area contributed by atoms with E-state index in [-0.39, 0.29) is 35.7 Å². The van der Waals surface area contributed by atoms with E-state index in [4.69, 9.17) is 11.6 Å². The van der Waals surface area contributed by atoms with Gasteiger partial charge in [-0.3, -0.25) is 9.59 Å². The van der Waals surface area contributed by atoms with Crippen LogP contribution in [-0.4, -0.2) is 39.7 Å². The molecule has 0 unspecified atom stereocenters. The number of benzene rings is 2. The molecule has 1 aliphatic heterocycles. The third-order valence-corrected chi connectivity index (χ3v) is 5.07. The summed E-state index contributed by atoms with van der Waals surface area (Å²) in [6.07, 6.45) is 0. The second-order valence-corrected chi connectivity index (χ2v) is 7.52. The van der Waals surface area contributed by atoms with E-state index in [9.17, 15) is 14.0 Å². The van der Waals surface area contributed by atoms with Gasteiger partial charge in [0.15, 0.2) is 5.69 Å². The molecule has 3 aromatic rings. The van der Waals surface area contributed by atoms with Gasteiger partial charge in [-0.05, 0) is 42.5 Å². The summed E-state index contributed by atoms with van der Waals surface area (Å²) in [5.74, 6) is -1.12. The van der Waals surface area contributed by atoms with Crippen LogP contribution < -0.4 is 5.32 Å². The smallest absolute Gasteiger partial charge is 0.276 e. The third-order valence-electron chi connectivity index (χ3n) is 4.29. The molecule has 0 bridgehead atoms. The molecule has 0 atom stereocenters. The molecular formula is C19H13BrClFN4O2. The van der Waals surface area contributed by atoms with Gasteiger partial charge in [-0.15, -0.1) is 0 Å². The standard InChI is InChI=1S/C19H13BrClFN4O2/c20-12-2-1-3-13(7-12)26-17(11-4-5-15(22)14(21)6-11)8-16(24-26)19(28)25-9-18(27)23-10-25/h1-8H,9-10H2,(H,23,27). The number of carbonyl (C=O) groups excluding carboxylic acids is 2. The largest absolute Gasteiger partial charge is 0.337 e. The van der Waals surface area contributed by atoms with Crippen LogP contribution in [0.2, 0.25) is 5.02 Å². The van der Waals surface area contributed by atoms with Gasteiger partial charge in [0.1, 0.15) is 12.4 Å². The van der Waals surface area contributed by atoms with E-state index < -0.39 is 5.82 Å². The zero-order valence-corrected chi connectivity index (χ0v) is 16.7. The Morgan fingerprint density at radius 2 is 2.04 bits per heavy atom. The normalized spacial score (nSPS) is 13.7. The van der Waals surface area contributed by atoms with Gasteiger partial charge < -0.3 is 10.2 Å². The number of nitrogens with one attached hydrogen (secondary N) is 1. The lowest BCUT2D eigenvalue weighted by Gasteiger charge is -2.10. The lowest BCUT2D eigenvalue weighted by atomic mass is 10.1. The van der Waals surface area contributed by atoms with E-state index in [1.54, 1.807) is 16.8 Å². The Bertz CT molecular complexity index is 1100. The number of rotatable bonds is 3. The van der Waals surface area contributed by atoms with E-state index in [1.807, 2.05) is 24.3 Å². The first-order valence-corrected chi connectivity index (χ1v) is 9.47. The predicted molar refractivity (Wildman–Crippen MR) is 106 cm³/mol. The van der Waals surface area contributed by atoms with Crippen molar-refractivity contribution in [2.45, 2.75) is 0 Å². The van der Waals surface area contributed by atoms with Crippen molar-refractivity contribution in [3.63, 3.8) is 0 Å². The fourth-order valence-corrected chi connectivity index (χ4v) is 3.49. The Hall–Kier alpha value is -2.71. The minimum atomic E-state index is -0.531. The monoisotopic (exact) mass is 462 g/mol. The SMILES string of the molecule is O=C1CN(C(=O)c2cc(-c3ccc(F)c(Cl)c3)n(-c3cccc(Br)c3)n2)CN1. The van der Waals surface area contributed by atoms with Crippen molar-refractivity contribution in [1.29, 1.82) is 0 Å². The highest BCUT2D eigenvalue weighted by molar-refractivity contribution is 9.10. The molecule has 142 valence electrons. The molecule has 2 aromatic carbocycles. The maximum Gasteiger partial charge on any atom is 0.276 e. The van der Waals surface area contributed by atoms with Crippen LogP contribution in [0.4, 0.5) is 4.39 Å². The summed E-state index contributed by atoms with van der Waals surface area (Å²) in [7, 11) is 0. The first kappa shape index (κ1) is 18.6. The summed E-state index contributed by atoms with van der Waals surface area (Å²) in [6, 6.07) is 13.3. The molecule has 0 saturated carbocycles. The zero-order chi connectivity index (χ0) is 19.8. The molecule has 4 rings (SSSR count). The number of nitrogens with zero attached hydrogens (tertiary/aromatic N) is 3. The van der Waals surface area contributed by atoms with Crippen LogP contribution in [0.3, 0.4) is 0 Å². The minimum absolute atomic E-state index is 0.0136. The average molecular weight is 464 g/mol. The maximum absolute atomic E-state index is 13.6. The molecule has 1 aliphatic rings. The Labute approximate surface area is 173 Å². The lowest BCUT2D eigenvalue weighted by molar-refractivity contribution is -0.118. The molecule has 1 aromatic heterocycles. The molecule has 9 heteroatoms. The van der Waals surface area contributed by atoms with E-state index in [1.165, 1.54) is 17.0 Å². The first-order valence-electron chi connectivity index (χ1n) is 8.30. The number of aromatic nitrogens is 2. The molecule has 0 aliphatic carbocycles. The van der Waals surface area contributed by atoms with Gasteiger partial charge >= 0.3 is 0 Å². The average Bonchev–Trinajstić information content (AvgIpc) is 3.30. The van der Waals surface area contributed by atoms with Crippen molar-refractivity contribution >= 4 is 39.3 Å². The van der Waals surface area contributed by atoms with Crippen LogP contribution >= 0.6 is 27.5 Å².